The molecule has 0 aliphatic rings. The molecule has 6 nitrogen and oxygen atoms in total. The van der Waals surface area contributed by atoms with Gasteiger partial charge >= 0.3 is 5.97 Å². The number of carboxylic acid groups (broad SMARTS) is 1. The van der Waals surface area contributed by atoms with Crippen LogP contribution in [0.15, 0.2) is 95.6 Å². The zero-order chi connectivity index (χ0) is 26.5. The first kappa shape index (κ1) is 25.0. The quantitative estimate of drug-likeness (QED) is 0.223. The highest BCUT2D eigenvalue weighted by Crippen LogP contribution is 2.33. The number of para-hydroxylation sites is 1. The molecule has 192 valence electrons. The number of furan rings is 1. The van der Waals surface area contributed by atoms with Crippen LogP contribution in [0.4, 0.5) is 4.39 Å². The second kappa shape index (κ2) is 11.2. The van der Waals surface area contributed by atoms with Gasteiger partial charge in [0.25, 0.3) is 0 Å². The van der Waals surface area contributed by atoms with Crippen LogP contribution in [-0.2, 0) is 31.0 Å². The van der Waals surface area contributed by atoms with E-state index < -0.39 is 5.97 Å². The molecule has 7 heteroatoms. The van der Waals surface area contributed by atoms with E-state index in [0.29, 0.717) is 29.2 Å². The van der Waals surface area contributed by atoms with Gasteiger partial charge in [-0.1, -0.05) is 36.4 Å². The highest BCUT2D eigenvalue weighted by Gasteiger charge is 2.16. The zero-order valence-corrected chi connectivity index (χ0v) is 20.5. The fraction of sp³-hybridized carbons (Fsp3) is 0.129. The Balaban J connectivity index is 1.50. The van der Waals surface area contributed by atoms with Crippen molar-refractivity contribution in [2.45, 2.75) is 26.2 Å². The monoisotopic (exact) mass is 511 g/mol. The molecule has 0 saturated carbocycles. The Morgan fingerprint density at radius 2 is 1.63 bits per heavy atom. The normalized spacial score (nSPS) is 11.0. The summed E-state index contributed by atoms with van der Waals surface area (Å²) in [6.07, 6.45) is 1.51. The molecule has 0 atom stereocenters. The number of ether oxygens (including phenoxy) is 2. The molecule has 38 heavy (non-hydrogen) atoms. The van der Waals surface area contributed by atoms with Crippen molar-refractivity contribution in [3.8, 4) is 22.6 Å². The Hall–Kier alpha value is -4.62. The van der Waals surface area contributed by atoms with Gasteiger partial charge in [-0.15, -0.1) is 0 Å². The van der Waals surface area contributed by atoms with Gasteiger partial charge in [-0.05, 0) is 65.2 Å². The van der Waals surface area contributed by atoms with Crippen molar-refractivity contribution in [3.63, 3.8) is 0 Å². The minimum Gasteiger partial charge on any atom is -0.489 e. The summed E-state index contributed by atoms with van der Waals surface area (Å²) in [5.41, 5.74) is 11.7. The molecule has 0 unspecified atom stereocenters. The predicted molar refractivity (Wildman–Crippen MR) is 142 cm³/mol. The van der Waals surface area contributed by atoms with E-state index >= 15 is 0 Å². The van der Waals surface area contributed by atoms with Gasteiger partial charge in [-0.2, -0.15) is 0 Å². The third kappa shape index (κ3) is 5.68. The largest absolute Gasteiger partial charge is 0.489 e. The summed E-state index contributed by atoms with van der Waals surface area (Å²) < 4.78 is 31.3. The first-order chi connectivity index (χ1) is 18.5. The smallest absolute Gasteiger partial charge is 0.307 e. The number of nitrogens with two attached hydrogens (primary N) is 1. The number of hydrogen-bond acceptors (Lipinski definition) is 5. The van der Waals surface area contributed by atoms with Crippen LogP contribution in [0.2, 0.25) is 0 Å². The molecule has 0 radical (unpaired) electrons. The molecule has 4 aromatic carbocycles. The second-order valence-electron chi connectivity index (χ2n) is 8.89. The van der Waals surface area contributed by atoms with Crippen molar-refractivity contribution in [3.05, 3.63) is 119 Å². The molecular formula is C31H26FNO5. The number of aliphatic carboxylic acids is 1. The van der Waals surface area contributed by atoms with Gasteiger partial charge in [0.2, 0.25) is 0 Å². The Morgan fingerprint density at radius 3 is 2.42 bits per heavy atom. The Bertz CT molecular complexity index is 1580. The SMILES string of the molecule is NCc1cccc(-c2cc(COc3ccc(F)cc3)c3occ(COc4ccccc4CC(=O)O)c3c2)c1. The maximum absolute atomic E-state index is 13.3. The summed E-state index contributed by atoms with van der Waals surface area (Å²) in [5, 5.41) is 10.1. The maximum Gasteiger partial charge on any atom is 0.307 e. The third-order valence-corrected chi connectivity index (χ3v) is 6.23. The minimum atomic E-state index is -0.926. The number of carbonyl (C=O) groups is 1. The van der Waals surface area contributed by atoms with E-state index in [9.17, 15) is 14.3 Å². The summed E-state index contributed by atoms with van der Waals surface area (Å²) >= 11 is 0. The van der Waals surface area contributed by atoms with Crippen LogP contribution in [0.3, 0.4) is 0 Å². The molecule has 0 fully saturated rings. The standard InChI is InChI=1S/C31H26FNO5/c32-26-8-10-27(11-9-26)36-17-24-13-23(21-6-3-4-20(12-21)16-33)14-28-25(19-38-31(24)28)18-37-29-7-2-1-5-22(29)15-30(34)35/h1-14,19H,15-18,33H2,(H,34,35). The van der Waals surface area contributed by atoms with Gasteiger partial charge in [0, 0.05) is 28.6 Å². The summed E-state index contributed by atoms with van der Waals surface area (Å²) in [7, 11) is 0. The maximum atomic E-state index is 13.3. The molecule has 1 heterocycles. The molecule has 0 amide bonds. The second-order valence-corrected chi connectivity index (χ2v) is 8.89. The lowest BCUT2D eigenvalue weighted by Gasteiger charge is -2.12. The number of benzene rings is 4. The fourth-order valence-corrected chi connectivity index (χ4v) is 4.32. The fourth-order valence-electron chi connectivity index (χ4n) is 4.32. The first-order valence-electron chi connectivity index (χ1n) is 12.1. The summed E-state index contributed by atoms with van der Waals surface area (Å²) in [4.78, 5) is 11.3. The van der Waals surface area contributed by atoms with Crippen LogP contribution in [-0.4, -0.2) is 11.1 Å². The molecule has 5 aromatic rings. The van der Waals surface area contributed by atoms with Gasteiger partial charge < -0.3 is 24.7 Å². The van der Waals surface area contributed by atoms with Crippen molar-refractivity contribution in [1.29, 1.82) is 0 Å². The van der Waals surface area contributed by atoms with E-state index in [1.165, 1.54) is 12.1 Å². The minimum absolute atomic E-state index is 0.130. The first-order valence-corrected chi connectivity index (χ1v) is 12.1. The molecule has 0 aliphatic carbocycles. The van der Waals surface area contributed by atoms with Gasteiger partial charge in [0.15, 0.2) is 0 Å². The lowest BCUT2D eigenvalue weighted by Crippen LogP contribution is -2.04. The zero-order valence-electron chi connectivity index (χ0n) is 20.5. The molecule has 3 N–H and O–H groups in total. The molecule has 1 aromatic heterocycles. The van der Waals surface area contributed by atoms with Crippen LogP contribution < -0.4 is 15.2 Å². The number of carboxylic acids is 1. The van der Waals surface area contributed by atoms with Crippen LogP contribution in [0.1, 0.15) is 22.3 Å². The average molecular weight is 512 g/mol. The van der Waals surface area contributed by atoms with E-state index in [-0.39, 0.29) is 25.5 Å². The van der Waals surface area contributed by atoms with Gasteiger partial charge in [0.1, 0.15) is 36.1 Å². The highest BCUT2D eigenvalue weighted by molar-refractivity contribution is 5.89. The summed E-state index contributed by atoms with van der Waals surface area (Å²) in [5.74, 6) is -0.205. The van der Waals surface area contributed by atoms with Crippen LogP contribution in [0, 0.1) is 5.82 Å². The Morgan fingerprint density at radius 1 is 0.842 bits per heavy atom. The Kier molecular flexibility index (Phi) is 7.38. The van der Waals surface area contributed by atoms with Crippen LogP contribution >= 0.6 is 0 Å². The molecule has 0 aliphatic heterocycles. The van der Waals surface area contributed by atoms with Crippen molar-refractivity contribution in [2.75, 3.05) is 0 Å². The van der Waals surface area contributed by atoms with E-state index in [0.717, 1.165) is 33.2 Å². The van der Waals surface area contributed by atoms with Crippen LogP contribution in [0.5, 0.6) is 11.5 Å². The lowest BCUT2D eigenvalue weighted by atomic mass is 9.98. The summed E-state index contributed by atoms with van der Waals surface area (Å²) in [6.45, 7) is 0.827. The molecule has 0 bridgehead atoms. The molecule has 0 spiro atoms. The van der Waals surface area contributed by atoms with Gasteiger partial charge in [-0.3, -0.25) is 4.79 Å². The number of rotatable bonds is 10. The molecular weight excluding hydrogens is 485 g/mol. The third-order valence-electron chi connectivity index (χ3n) is 6.23. The highest BCUT2D eigenvalue weighted by atomic mass is 19.1. The van der Waals surface area contributed by atoms with Gasteiger partial charge in [-0.25, -0.2) is 4.39 Å². The number of halogens is 1. The number of fused-ring (bicyclic) bond motifs is 1. The Labute approximate surface area is 219 Å². The van der Waals surface area contributed by atoms with Crippen molar-refractivity contribution in [1.82, 2.24) is 0 Å². The lowest BCUT2D eigenvalue weighted by molar-refractivity contribution is -0.136. The van der Waals surface area contributed by atoms with Crippen molar-refractivity contribution in [2.24, 2.45) is 5.73 Å². The molecule has 0 saturated heterocycles. The van der Waals surface area contributed by atoms with Gasteiger partial charge in [0.05, 0.1) is 12.7 Å². The van der Waals surface area contributed by atoms with E-state index in [1.54, 1.807) is 36.6 Å². The molecule has 5 rings (SSSR count). The van der Waals surface area contributed by atoms with Crippen molar-refractivity contribution < 1.29 is 28.2 Å². The van der Waals surface area contributed by atoms with Crippen molar-refractivity contribution >= 4 is 16.9 Å². The average Bonchev–Trinajstić information content (AvgIpc) is 3.35. The van der Waals surface area contributed by atoms with E-state index in [4.69, 9.17) is 19.6 Å². The summed E-state index contributed by atoms with van der Waals surface area (Å²) in [6, 6.07) is 25.0. The van der Waals surface area contributed by atoms with E-state index in [1.807, 2.05) is 42.5 Å². The predicted octanol–water partition coefficient (Wildman–Crippen LogP) is 6.48. The van der Waals surface area contributed by atoms with E-state index in [2.05, 4.69) is 0 Å². The number of hydrogen-bond donors (Lipinski definition) is 2. The topological polar surface area (TPSA) is 94.9 Å². The van der Waals surface area contributed by atoms with Crippen LogP contribution in [0.25, 0.3) is 22.1 Å².